The summed E-state index contributed by atoms with van der Waals surface area (Å²) in [7, 11) is -3.37. The van der Waals surface area contributed by atoms with Gasteiger partial charge in [0.05, 0.1) is 0 Å². The van der Waals surface area contributed by atoms with E-state index in [2.05, 4.69) is 18.6 Å². The van der Waals surface area contributed by atoms with Crippen LogP contribution in [0.5, 0.6) is 0 Å². The van der Waals surface area contributed by atoms with Crippen LogP contribution in [-0.2, 0) is 10.2 Å². The second-order valence-corrected chi connectivity index (χ2v) is 6.93. The molecule has 0 radical (unpaired) electrons. The van der Waals surface area contributed by atoms with E-state index in [0.29, 0.717) is 37.9 Å². The molecule has 3 atom stereocenters. The Bertz CT molecular complexity index is 318. The predicted molar refractivity (Wildman–Crippen MR) is 69.7 cm³/mol. The summed E-state index contributed by atoms with van der Waals surface area (Å²) in [6.45, 7) is 7.69. The minimum atomic E-state index is -3.37. The van der Waals surface area contributed by atoms with Crippen LogP contribution >= 0.6 is 0 Å². The van der Waals surface area contributed by atoms with Crippen LogP contribution in [-0.4, -0.2) is 38.4 Å². The normalized spacial score (nSPS) is 29.2. The maximum atomic E-state index is 12.2. The van der Waals surface area contributed by atoms with Crippen molar-refractivity contribution in [1.82, 2.24) is 9.03 Å². The molecular formula is C11H25N3O2S. The van der Waals surface area contributed by atoms with Crippen LogP contribution in [0.3, 0.4) is 0 Å². The van der Waals surface area contributed by atoms with Gasteiger partial charge in [-0.1, -0.05) is 20.8 Å². The Morgan fingerprint density at radius 2 is 1.88 bits per heavy atom. The summed E-state index contributed by atoms with van der Waals surface area (Å²) in [5.41, 5.74) is 5.53. The summed E-state index contributed by atoms with van der Waals surface area (Å²) < 4.78 is 28.6. The summed E-state index contributed by atoms with van der Waals surface area (Å²) in [6, 6.07) is -0.160. The van der Waals surface area contributed by atoms with Crippen LogP contribution in [0.15, 0.2) is 0 Å². The lowest BCUT2D eigenvalue weighted by molar-refractivity contribution is 0.219. The van der Waals surface area contributed by atoms with Gasteiger partial charge in [-0.2, -0.15) is 17.4 Å². The minimum Gasteiger partial charge on any atom is -0.329 e. The number of hydrogen-bond acceptors (Lipinski definition) is 3. The smallest absolute Gasteiger partial charge is 0.279 e. The third-order valence-electron chi connectivity index (χ3n) is 3.27. The molecule has 0 aromatic rings. The molecule has 0 amide bonds. The van der Waals surface area contributed by atoms with Crippen molar-refractivity contribution in [2.45, 2.75) is 39.7 Å². The van der Waals surface area contributed by atoms with Gasteiger partial charge in [0, 0.05) is 25.7 Å². The average molecular weight is 263 g/mol. The van der Waals surface area contributed by atoms with Crippen molar-refractivity contribution in [1.29, 1.82) is 0 Å². The van der Waals surface area contributed by atoms with Gasteiger partial charge in [0.25, 0.3) is 10.2 Å². The largest absolute Gasteiger partial charge is 0.329 e. The summed E-state index contributed by atoms with van der Waals surface area (Å²) in [5, 5.41) is 0. The van der Waals surface area contributed by atoms with Crippen molar-refractivity contribution in [2.75, 3.05) is 19.6 Å². The lowest BCUT2D eigenvalue weighted by atomic mass is 9.94. The highest BCUT2D eigenvalue weighted by Crippen LogP contribution is 2.22. The zero-order valence-corrected chi connectivity index (χ0v) is 11.8. The van der Waals surface area contributed by atoms with Crippen molar-refractivity contribution in [3.05, 3.63) is 0 Å². The molecule has 1 fully saturated rings. The number of hydrogen-bond donors (Lipinski definition) is 2. The zero-order valence-electron chi connectivity index (χ0n) is 11.0. The van der Waals surface area contributed by atoms with E-state index in [0.717, 1.165) is 6.42 Å². The van der Waals surface area contributed by atoms with Crippen LogP contribution in [0, 0.1) is 11.8 Å². The van der Waals surface area contributed by atoms with Gasteiger partial charge in [0.15, 0.2) is 0 Å². The first-order valence-electron chi connectivity index (χ1n) is 6.36. The van der Waals surface area contributed by atoms with Crippen LogP contribution in [0.2, 0.25) is 0 Å². The lowest BCUT2D eigenvalue weighted by Crippen LogP contribution is -2.51. The standard InChI is InChI=1S/C11H25N3O2S/c1-4-11(6-12)13-17(15,16)14-7-9(2)5-10(3)8-14/h9-11,13H,4-8,12H2,1-3H3. The third kappa shape index (κ3) is 4.21. The van der Waals surface area contributed by atoms with Crippen molar-refractivity contribution in [3.8, 4) is 0 Å². The van der Waals surface area contributed by atoms with Crippen molar-refractivity contribution < 1.29 is 8.42 Å². The number of nitrogens with zero attached hydrogens (tertiary/aromatic N) is 1. The number of nitrogens with two attached hydrogens (primary N) is 1. The fourth-order valence-corrected chi connectivity index (χ4v) is 4.12. The summed E-state index contributed by atoms with van der Waals surface area (Å²) in [4.78, 5) is 0. The van der Waals surface area contributed by atoms with E-state index in [1.165, 1.54) is 0 Å². The van der Waals surface area contributed by atoms with E-state index >= 15 is 0 Å². The second kappa shape index (κ2) is 6.13. The Hall–Kier alpha value is -0.170. The highest BCUT2D eigenvalue weighted by molar-refractivity contribution is 7.87. The van der Waals surface area contributed by atoms with Gasteiger partial charge in [-0.25, -0.2) is 0 Å². The highest BCUT2D eigenvalue weighted by Gasteiger charge is 2.31. The van der Waals surface area contributed by atoms with E-state index in [4.69, 9.17) is 5.73 Å². The topological polar surface area (TPSA) is 75.4 Å². The first-order valence-corrected chi connectivity index (χ1v) is 7.80. The van der Waals surface area contributed by atoms with Crippen LogP contribution < -0.4 is 10.5 Å². The third-order valence-corrected chi connectivity index (χ3v) is 4.88. The van der Waals surface area contributed by atoms with E-state index in [-0.39, 0.29) is 6.04 Å². The Kier molecular flexibility index (Phi) is 5.37. The van der Waals surface area contributed by atoms with Gasteiger partial charge in [-0.3, -0.25) is 0 Å². The molecule has 102 valence electrons. The fourth-order valence-electron chi connectivity index (χ4n) is 2.39. The molecule has 0 saturated carbocycles. The number of rotatable bonds is 5. The fraction of sp³-hybridized carbons (Fsp3) is 1.00. The molecule has 1 heterocycles. The molecule has 1 aliphatic rings. The molecule has 0 bridgehead atoms. The quantitative estimate of drug-likeness (QED) is 0.760. The predicted octanol–water partition coefficient (Wildman–Crippen LogP) is 0.536. The van der Waals surface area contributed by atoms with Gasteiger partial charge in [-0.05, 0) is 24.7 Å². The molecular weight excluding hydrogens is 238 g/mol. The average Bonchev–Trinajstić information content (AvgIpc) is 2.24. The zero-order chi connectivity index (χ0) is 13.1. The molecule has 17 heavy (non-hydrogen) atoms. The molecule has 1 rings (SSSR count). The molecule has 0 spiro atoms. The molecule has 1 saturated heterocycles. The summed E-state index contributed by atoms with van der Waals surface area (Å²) in [5.74, 6) is 0.849. The van der Waals surface area contributed by atoms with Gasteiger partial charge in [-0.15, -0.1) is 0 Å². The van der Waals surface area contributed by atoms with Crippen molar-refractivity contribution >= 4 is 10.2 Å². The first-order chi connectivity index (χ1) is 7.89. The SMILES string of the molecule is CCC(CN)NS(=O)(=O)N1CC(C)CC(C)C1. The molecule has 0 aliphatic carbocycles. The van der Waals surface area contributed by atoms with Crippen LogP contribution in [0.25, 0.3) is 0 Å². The van der Waals surface area contributed by atoms with Gasteiger partial charge >= 0.3 is 0 Å². The van der Waals surface area contributed by atoms with Crippen LogP contribution in [0.4, 0.5) is 0 Å². The second-order valence-electron chi connectivity index (χ2n) is 5.23. The van der Waals surface area contributed by atoms with Crippen LogP contribution in [0.1, 0.15) is 33.6 Å². The van der Waals surface area contributed by atoms with Gasteiger partial charge in [0.1, 0.15) is 0 Å². The number of nitrogens with one attached hydrogen (secondary N) is 1. The monoisotopic (exact) mass is 263 g/mol. The van der Waals surface area contributed by atoms with E-state index < -0.39 is 10.2 Å². The van der Waals surface area contributed by atoms with Crippen molar-refractivity contribution in [3.63, 3.8) is 0 Å². The Morgan fingerprint density at radius 3 is 2.29 bits per heavy atom. The molecule has 1 aliphatic heterocycles. The Morgan fingerprint density at radius 1 is 1.35 bits per heavy atom. The maximum Gasteiger partial charge on any atom is 0.279 e. The maximum absolute atomic E-state index is 12.2. The molecule has 5 nitrogen and oxygen atoms in total. The molecule has 0 aromatic carbocycles. The molecule has 0 aromatic heterocycles. The van der Waals surface area contributed by atoms with E-state index in [9.17, 15) is 8.42 Å². The van der Waals surface area contributed by atoms with Gasteiger partial charge < -0.3 is 5.73 Å². The Labute approximate surface area is 105 Å². The van der Waals surface area contributed by atoms with E-state index in [1.54, 1.807) is 4.31 Å². The van der Waals surface area contributed by atoms with E-state index in [1.807, 2.05) is 6.92 Å². The Balaban J connectivity index is 2.69. The summed E-state index contributed by atoms with van der Waals surface area (Å²) in [6.07, 6.45) is 1.81. The highest BCUT2D eigenvalue weighted by atomic mass is 32.2. The first kappa shape index (κ1) is 14.9. The number of piperidine rings is 1. The lowest BCUT2D eigenvalue weighted by Gasteiger charge is -2.34. The minimum absolute atomic E-state index is 0.160. The molecule has 3 unspecified atom stereocenters. The van der Waals surface area contributed by atoms with Gasteiger partial charge in [0.2, 0.25) is 0 Å². The summed E-state index contributed by atoms with van der Waals surface area (Å²) >= 11 is 0. The molecule has 6 heteroatoms. The molecule has 3 N–H and O–H groups in total. The van der Waals surface area contributed by atoms with Crippen molar-refractivity contribution in [2.24, 2.45) is 17.6 Å².